The Morgan fingerprint density at radius 2 is 0.874 bits per heavy atom. The van der Waals surface area contributed by atoms with Crippen molar-refractivity contribution in [3.05, 3.63) is 266 Å². The van der Waals surface area contributed by atoms with Gasteiger partial charge in [-0.2, -0.15) is 39.5 Å². The van der Waals surface area contributed by atoms with Crippen LogP contribution in [0.1, 0.15) is 132 Å². The number of imide groups is 1. The molecule has 3 aliphatic heterocycles. The van der Waals surface area contributed by atoms with Gasteiger partial charge in [0.05, 0.1) is 36.5 Å². The highest BCUT2D eigenvalue weighted by Gasteiger charge is 2.65. The highest BCUT2D eigenvalue weighted by Crippen LogP contribution is 2.53. The smallest absolute Gasteiger partial charge is 0.435 e. The molecule has 5 heterocycles. The Morgan fingerprint density at radius 1 is 0.515 bits per heavy atom. The molecular weight excluding hydrogens is 1490 g/mol. The van der Waals surface area contributed by atoms with Crippen LogP contribution in [0.3, 0.4) is 0 Å². The summed E-state index contributed by atoms with van der Waals surface area (Å²) in [6.45, 7) is 6.62. The van der Waals surface area contributed by atoms with E-state index in [1.807, 2.05) is 12.1 Å². The largest absolute Gasteiger partial charge is 0.468 e. The number of aryl methyl sites for hydroxylation is 4. The van der Waals surface area contributed by atoms with Gasteiger partial charge in [-0.3, -0.25) is 44.8 Å². The van der Waals surface area contributed by atoms with E-state index in [2.05, 4.69) is 35.5 Å². The molecule has 103 heavy (non-hydrogen) atoms. The molecule has 3 unspecified atom stereocenters. The van der Waals surface area contributed by atoms with Gasteiger partial charge in [0.15, 0.2) is 5.78 Å². The lowest BCUT2D eigenvalue weighted by atomic mass is 9.86. The van der Waals surface area contributed by atoms with Gasteiger partial charge >= 0.3 is 18.5 Å². The summed E-state index contributed by atoms with van der Waals surface area (Å²) >= 11 is 35.6. The first-order valence-electron chi connectivity index (χ1n) is 30.8. The summed E-state index contributed by atoms with van der Waals surface area (Å²) in [4.78, 5) is 75.4. The van der Waals surface area contributed by atoms with Crippen molar-refractivity contribution in [1.82, 2.24) is 20.2 Å². The van der Waals surface area contributed by atoms with Crippen molar-refractivity contribution in [2.45, 2.75) is 108 Å². The van der Waals surface area contributed by atoms with Crippen LogP contribution in [0.15, 0.2) is 173 Å². The second-order valence-corrected chi connectivity index (χ2v) is 26.3. The monoisotopic (exact) mass is 1540 g/mol. The molecule has 0 aliphatic carbocycles. The average Bonchev–Trinajstić information content (AvgIpc) is 1.65. The fraction of sp³-hybridized carbons (Fsp3) is 0.250. The third-order valence-corrected chi connectivity index (χ3v) is 18.0. The van der Waals surface area contributed by atoms with Gasteiger partial charge in [0.1, 0.15) is 0 Å². The first kappa shape index (κ1) is 78.0. The summed E-state index contributed by atoms with van der Waals surface area (Å²) in [5, 5.41) is 21.1. The van der Waals surface area contributed by atoms with Gasteiger partial charge in [-0.25, -0.2) is 0 Å². The molecule has 538 valence electrons. The summed E-state index contributed by atoms with van der Waals surface area (Å²) < 4.78 is 132. The molecule has 0 saturated heterocycles. The van der Waals surface area contributed by atoms with E-state index in [1.54, 1.807) is 88.6 Å². The molecule has 0 fully saturated rings. The predicted octanol–water partition coefficient (Wildman–Crippen LogP) is 19.1. The SMILES string of the molecule is CCC(=O)N(Cc1ccccn1)C(=O)c1ccc(C2=NOC(c3cc(Cl)cc(Cl)c3)(C(F)(F)F)C2)cc1C.COC(=N)NC(=O)c1ccc(C2=NOC(c3cc(Cl)cc(Cl)c3)(C(F)(F)F)C2)cc1C.Cc1cc(C2=NOC(c3cc(Cl)cc(Cl)c3)(C(F)(F)F)C2)ccc1C(=O)CCc1ccccn1. The molecule has 11 rings (SSSR count). The molecule has 31 heteroatoms. The molecule has 16 nitrogen and oxygen atoms in total. The maximum Gasteiger partial charge on any atom is 0.435 e. The molecule has 0 radical (unpaired) electrons. The minimum absolute atomic E-state index is 0.00954. The number of pyridine rings is 2. The number of halogens is 15. The van der Waals surface area contributed by atoms with Gasteiger partial charge in [0.25, 0.3) is 34.6 Å². The second-order valence-electron chi connectivity index (χ2n) is 23.6. The van der Waals surface area contributed by atoms with Crippen LogP contribution >= 0.6 is 69.6 Å². The van der Waals surface area contributed by atoms with Crippen molar-refractivity contribution in [3.8, 4) is 0 Å². The summed E-state index contributed by atoms with van der Waals surface area (Å²) in [6, 6.07) is 34.9. The summed E-state index contributed by atoms with van der Waals surface area (Å²) in [7, 11) is 1.23. The number of amidine groups is 1. The van der Waals surface area contributed by atoms with Crippen molar-refractivity contribution < 1.29 is 77.9 Å². The van der Waals surface area contributed by atoms with Crippen LogP contribution in [-0.4, -0.2) is 87.2 Å². The number of ether oxygens (including phenoxy) is 1. The zero-order valence-corrected chi connectivity index (χ0v) is 59.1. The van der Waals surface area contributed by atoms with Gasteiger partial charge in [0.2, 0.25) is 5.91 Å². The molecule has 0 spiro atoms. The minimum atomic E-state index is -4.83. The lowest BCUT2D eigenvalue weighted by Gasteiger charge is -2.29. The number of ketones is 1. The number of oxime groups is 3. The number of hydrogen-bond donors (Lipinski definition) is 2. The number of nitrogens with zero attached hydrogens (tertiary/aromatic N) is 6. The summed E-state index contributed by atoms with van der Waals surface area (Å²) in [5.41, 5.74) is -3.75. The van der Waals surface area contributed by atoms with E-state index in [0.29, 0.717) is 51.1 Å². The van der Waals surface area contributed by atoms with E-state index >= 15 is 0 Å². The number of rotatable bonds is 15. The van der Waals surface area contributed by atoms with Crippen molar-refractivity contribution in [3.63, 3.8) is 0 Å². The predicted molar refractivity (Wildman–Crippen MR) is 371 cm³/mol. The van der Waals surface area contributed by atoms with E-state index < -0.39 is 72.4 Å². The molecular formula is C72H57Cl6F9N8O8. The average molecular weight is 1550 g/mol. The van der Waals surface area contributed by atoms with Gasteiger partial charge in [0, 0.05) is 114 Å². The molecule has 0 bridgehead atoms. The van der Waals surface area contributed by atoms with Crippen LogP contribution in [0.2, 0.25) is 30.1 Å². The van der Waals surface area contributed by atoms with E-state index in [-0.39, 0.29) is 106 Å². The summed E-state index contributed by atoms with van der Waals surface area (Å²) in [6.07, 6.45) is -12.1. The number of nitrogens with one attached hydrogen (secondary N) is 2. The van der Waals surface area contributed by atoms with Gasteiger partial charge in [-0.05, 0) is 170 Å². The zero-order valence-electron chi connectivity index (χ0n) is 54.6. The third kappa shape index (κ3) is 17.6. The Morgan fingerprint density at radius 3 is 1.20 bits per heavy atom. The molecule has 3 atom stereocenters. The standard InChI is InChI=1S/C27H22Cl2F3N3O3.C25H19Cl2F3N2O2.C20H16Cl2F3N3O3/c1-3-24(36)35(15-21-6-4-5-9-33-21)25(37)22-8-7-17(10-16(22)2)23-14-26(38-34-23,27(30,31)32)18-11-19(28)13-20(29)12-18;1-15-10-16(5-7-21(15)23(33)8-6-20-4-2-3-9-31-20)22-14-24(34-32-22,25(28,29)30)17-11-18(26)13-19(27)12-17;1-10-5-11(3-4-15(10)17(29)27-18(26)30-2)16-9-19(31-28-16,20(23,24)25)12-6-13(21)8-14(22)7-12/h4-13H,3,14-15H2,1-2H3;2-5,7,9-13H,6,8,14H2,1H3;3-8H,9H2,1-2H3,(H2,26,27,29). The molecule has 8 aromatic rings. The van der Waals surface area contributed by atoms with Crippen molar-refractivity contribution in [2.24, 2.45) is 15.5 Å². The number of hydrogen-bond acceptors (Lipinski definition) is 14. The number of Topliss-reactive ketones (excluding diaryl/α,β-unsaturated/α-hetero) is 1. The Labute approximate surface area is 613 Å². The molecule has 3 amide bonds. The Bertz CT molecular complexity index is 4620. The molecule has 0 saturated carbocycles. The third-order valence-electron chi connectivity index (χ3n) is 16.7. The van der Waals surface area contributed by atoms with Crippen LogP contribution in [0.5, 0.6) is 0 Å². The van der Waals surface area contributed by atoms with E-state index in [4.69, 9.17) is 89.5 Å². The molecule has 2 aromatic heterocycles. The maximum absolute atomic E-state index is 14.3. The van der Waals surface area contributed by atoms with Gasteiger partial charge < -0.3 is 19.2 Å². The van der Waals surface area contributed by atoms with E-state index in [0.717, 1.165) is 34.9 Å². The molecule has 2 N–H and O–H groups in total. The Hall–Kier alpha value is -9.11. The maximum atomic E-state index is 14.3. The number of aromatic nitrogens is 2. The van der Waals surface area contributed by atoms with Crippen LogP contribution in [0.4, 0.5) is 39.5 Å². The van der Waals surface area contributed by atoms with Crippen LogP contribution in [-0.2, 0) is 53.8 Å². The molecule has 3 aliphatic rings. The van der Waals surface area contributed by atoms with E-state index in [9.17, 15) is 58.7 Å². The normalized spacial score (nSPS) is 17.7. The number of carbonyl (C=O) groups is 4. The van der Waals surface area contributed by atoms with Crippen molar-refractivity contribution in [2.75, 3.05) is 7.11 Å². The van der Waals surface area contributed by atoms with Crippen LogP contribution in [0.25, 0.3) is 0 Å². The van der Waals surface area contributed by atoms with E-state index in [1.165, 1.54) is 67.8 Å². The topological polar surface area (TPSA) is 207 Å². The number of amides is 3. The highest BCUT2D eigenvalue weighted by molar-refractivity contribution is 6.36. The quantitative estimate of drug-likeness (QED) is 0.0429. The Balaban J connectivity index is 0.000000180. The first-order valence-corrected chi connectivity index (χ1v) is 33.1. The first-order chi connectivity index (χ1) is 48.5. The fourth-order valence-electron chi connectivity index (χ4n) is 11.3. The Kier molecular flexibility index (Phi) is 24.1. The molecule has 6 aromatic carbocycles. The van der Waals surface area contributed by atoms with Crippen molar-refractivity contribution in [1.29, 1.82) is 5.41 Å². The van der Waals surface area contributed by atoms with Crippen LogP contribution in [0, 0.1) is 26.2 Å². The number of alkyl halides is 9. The van der Waals surface area contributed by atoms with Gasteiger partial charge in [-0.1, -0.05) is 128 Å². The number of carbonyl (C=O) groups excluding carboxylic acids is 4. The van der Waals surface area contributed by atoms with Crippen LogP contribution < -0.4 is 5.32 Å². The highest BCUT2D eigenvalue weighted by atomic mass is 35.5. The minimum Gasteiger partial charge on any atom is -0.468 e. The number of methoxy groups -OCH3 is 1. The number of benzene rings is 6. The fourth-order valence-corrected chi connectivity index (χ4v) is 12.9. The summed E-state index contributed by atoms with van der Waals surface area (Å²) in [5.74, 6) is -1.57. The van der Waals surface area contributed by atoms with Crippen molar-refractivity contribution >= 4 is 116 Å². The lowest BCUT2D eigenvalue weighted by Crippen LogP contribution is -2.42. The second kappa shape index (κ2) is 31.9. The van der Waals surface area contributed by atoms with Gasteiger partial charge in [-0.15, -0.1) is 0 Å². The zero-order chi connectivity index (χ0) is 75.1. The lowest BCUT2D eigenvalue weighted by molar-refractivity contribution is -0.276.